The summed E-state index contributed by atoms with van der Waals surface area (Å²) >= 11 is 0. The van der Waals surface area contributed by atoms with E-state index in [2.05, 4.69) is 13.4 Å². The van der Waals surface area contributed by atoms with E-state index in [0.717, 1.165) is 0 Å². The van der Waals surface area contributed by atoms with Crippen molar-refractivity contribution in [2.45, 2.75) is 6.42 Å². The molecule has 0 radical (unpaired) electrons. The number of hydrogen-bond donors (Lipinski definition) is 0. The standard InChI is InChI=1S/C3H6O5S/c4-9(5)7-3-1-2-6-8-9/h1-3H2. The van der Waals surface area contributed by atoms with Crippen molar-refractivity contribution in [1.29, 1.82) is 0 Å². The summed E-state index contributed by atoms with van der Waals surface area (Å²) in [5.74, 6) is 0. The minimum absolute atomic E-state index is 0.127. The Morgan fingerprint density at radius 1 is 1.22 bits per heavy atom. The molecule has 54 valence electrons. The minimum atomic E-state index is -3.84. The predicted octanol–water partition coefficient (Wildman–Crippen LogP) is -0.400. The highest BCUT2D eigenvalue weighted by Crippen LogP contribution is 2.03. The van der Waals surface area contributed by atoms with Crippen molar-refractivity contribution in [3.63, 3.8) is 0 Å². The maximum Gasteiger partial charge on any atom is 0.426 e. The molecule has 0 unspecified atom stereocenters. The first-order chi connectivity index (χ1) is 4.21. The van der Waals surface area contributed by atoms with E-state index in [0.29, 0.717) is 6.42 Å². The van der Waals surface area contributed by atoms with Crippen LogP contribution in [-0.2, 0) is 23.8 Å². The molecule has 6 heteroatoms. The van der Waals surface area contributed by atoms with Gasteiger partial charge in [0.1, 0.15) is 0 Å². The normalized spacial score (nSPS) is 27.1. The molecule has 0 aromatic heterocycles. The van der Waals surface area contributed by atoms with E-state index in [-0.39, 0.29) is 13.2 Å². The van der Waals surface area contributed by atoms with Crippen LogP contribution in [0, 0.1) is 0 Å². The van der Waals surface area contributed by atoms with Gasteiger partial charge in [0.05, 0.1) is 13.2 Å². The third-order valence-corrected chi connectivity index (χ3v) is 1.45. The first kappa shape index (κ1) is 6.94. The van der Waals surface area contributed by atoms with Crippen molar-refractivity contribution < 1.29 is 21.8 Å². The van der Waals surface area contributed by atoms with Gasteiger partial charge in [-0.3, -0.25) is 0 Å². The van der Waals surface area contributed by atoms with Crippen LogP contribution in [0.3, 0.4) is 0 Å². The fourth-order valence-electron chi connectivity index (χ4n) is 0.391. The van der Waals surface area contributed by atoms with Gasteiger partial charge in [-0.2, -0.15) is 8.42 Å². The van der Waals surface area contributed by atoms with Crippen LogP contribution in [0.4, 0.5) is 0 Å². The van der Waals surface area contributed by atoms with Crippen LogP contribution >= 0.6 is 0 Å². The summed E-state index contributed by atoms with van der Waals surface area (Å²) in [6.07, 6.45) is 0.527. The van der Waals surface area contributed by atoms with Gasteiger partial charge in [-0.05, 0) is 6.42 Å². The van der Waals surface area contributed by atoms with Gasteiger partial charge < -0.3 is 0 Å². The predicted molar refractivity (Wildman–Crippen MR) is 26.5 cm³/mol. The Morgan fingerprint density at radius 3 is 2.78 bits per heavy atom. The molecule has 9 heavy (non-hydrogen) atoms. The van der Waals surface area contributed by atoms with Crippen LogP contribution in [0.1, 0.15) is 6.42 Å². The zero-order chi connectivity index (χ0) is 6.74. The average molecular weight is 154 g/mol. The molecule has 0 bridgehead atoms. The summed E-state index contributed by atoms with van der Waals surface area (Å²) in [5.41, 5.74) is 0. The van der Waals surface area contributed by atoms with Crippen LogP contribution in [0.5, 0.6) is 0 Å². The van der Waals surface area contributed by atoms with Crippen LogP contribution in [0.15, 0.2) is 0 Å². The third-order valence-electron chi connectivity index (χ3n) is 0.731. The second-order valence-corrected chi connectivity index (χ2v) is 2.66. The molecule has 0 amide bonds. The minimum Gasteiger partial charge on any atom is -0.246 e. The first-order valence-corrected chi connectivity index (χ1v) is 3.74. The van der Waals surface area contributed by atoms with E-state index >= 15 is 0 Å². The molecule has 0 saturated carbocycles. The Balaban J connectivity index is 2.56. The van der Waals surface area contributed by atoms with E-state index in [9.17, 15) is 8.42 Å². The highest BCUT2D eigenvalue weighted by Gasteiger charge is 2.15. The SMILES string of the molecule is O=S1(=O)OCCCOO1. The van der Waals surface area contributed by atoms with Crippen LogP contribution in [-0.4, -0.2) is 21.6 Å². The summed E-state index contributed by atoms with van der Waals surface area (Å²) in [6.45, 7) is 0.377. The van der Waals surface area contributed by atoms with E-state index < -0.39 is 10.4 Å². The number of hydrogen-bond acceptors (Lipinski definition) is 5. The summed E-state index contributed by atoms with van der Waals surface area (Å²) < 4.78 is 28.7. The topological polar surface area (TPSA) is 61.8 Å². The lowest BCUT2D eigenvalue weighted by molar-refractivity contribution is -0.200. The van der Waals surface area contributed by atoms with Crippen molar-refractivity contribution in [3.05, 3.63) is 0 Å². The van der Waals surface area contributed by atoms with E-state index in [1.54, 1.807) is 0 Å². The molecular formula is C3H6O5S. The second-order valence-electron chi connectivity index (χ2n) is 1.47. The Morgan fingerprint density at radius 2 is 2.00 bits per heavy atom. The van der Waals surface area contributed by atoms with Gasteiger partial charge in [0, 0.05) is 0 Å². The van der Waals surface area contributed by atoms with E-state index in [1.165, 1.54) is 0 Å². The Kier molecular flexibility index (Phi) is 2.01. The van der Waals surface area contributed by atoms with Crippen molar-refractivity contribution in [1.82, 2.24) is 0 Å². The van der Waals surface area contributed by atoms with Gasteiger partial charge in [-0.15, -0.1) is 0 Å². The molecular weight excluding hydrogens is 148 g/mol. The Bertz CT molecular complexity index is 157. The lowest BCUT2D eigenvalue weighted by Gasteiger charge is -1.94. The van der Waals surface area contributed by atoms with Gasteiger partial charge >= 0.3 is 10.4 Å². The zero-order valence-electron chi connectivity index (χ0n) is 4.57. The van der Waals surface area contributed by atoms with Crippen LogP contribution in [0.2, 0.25) is 0 Å². The maximum absolute atomic E-state index is 10.3. The molecule has 1 rings (SSSR count). The molecule has 0 spiro atoms. The van der Waals surface area contributed by atoms with Gasteiger partial charge in [0.25, 0.3) is 0 Å². The molecule has 0 aromatic carbocycles. The van der Waals surface area contributed by atoms with Crippen molar-refractivity contribution in [2.75, 3.05) is 13.2 Å². The fourth-order valence-corrected chi connectivity index (χ4v) is 0.939. The number of rotatable bonds is 0. The summed E-state index contributed by atoms with van der Waals surface area (Å²) in [5, 5.41) is 0. The molecule has 0 aromatic rings. The molecule has 5 nitrogen and oxygen atoms in total. The summed E-state index contributed by atoms with van der Waals surface area (Å²) in [4.78, 5) is 4.20. The Labute approximate surface area is 52.8 Å². The molecule has 0 atom stereocenters. The average Bonchev–Trinajstić information content (AvgIpc) is 1.92. The third kappa shape index (κ3) is 2.27. The van der Waals surface area contributed by atoms with Gasteiger partial charge in [-0.1, -0.05) is 4.33 Å². The highest BCUT2D eigenvalue weighted by molar-refractivity contribution is 7.81. The van der Waals surface area contributed by atoms with Crippen molar-refractivity contribution >= 4 is 10.4 Å². The monoisotopic (exact) mass is 154 g/mol. The second kappa shape index (κ2) is 2.61. The molecule has 1 heterocycles. The molecule has 1 aliphatic rings. The van der Waals surface area contributed by atoms with Gasteiger partial charge in [-0.25, -0.2) is 9.07 Å². The lowest BCUT2D eigenvalue weighted by Crippen LogP contribution is -2.05. The largest absolute Gasteiger partial charge is 0.426 e. The van der Waals surface area contributed by atoms with Crippen molar-refractivity contribution in [2.24, 2.45) is 0 Å². The first-order valence-electron chi connectivity index (χ1n) is 2.41. The fraction of sp³-hybridized carbons (Fsp3) is 1.00. The highest BCUT2D eigenvalue weighted by atomic mass is 32.3. The van der Waals surface area contributed by atoms with Gasteiger partial charge in [0.15, 0.2) is 0 Å². The molecule has 1 aliphatic heterocycles. The summed E-state index contributed by atoms with van der Waals surface area (Å²) in [6, 6.07) is 0. The van der Waals surface area contributed by atoms with Crippen molar-refractivity contribution in [3.8, 4) is 0 Å². The van der Waals surface area contributed by atoms with E-state index in [4.69, 9.17) is 0 Å². The quantitative estimate of drug-likeness (QED) is 0.444. The molecule has 1 fully saturated rings. The van der Waals surface area contributed by atoms with Gasteiger partial charge in [0.2, 0.25) is 0 Å². The summed E-state index contributed by atoms with van der Waals surface area (Å²) in [7, 11) is -3.84. The maximum atomic E-state index is 10.3. The molecule has 0 aliphatic carbocycles. The smallest absolute Gasteiger partial charge is 0.246 e. The lowest BCUT2D eigenvalue weighted by atomic mass is 10.5. The Hall–Kier alpha value is -0.170. The zero-order valence-corrected chi connectivity index (χ0v) is 5.39. The molecule has 0 N–H and O–H groups in total. The van der Waals surface area contributed by atoms with Crippen LogP contribution in [0.25, 0.3) is 0 Å². The van der Waals surface area contributed by atoms with E-state index in [1.807, 2.05) is 0 Å². The molecule has 1 saturated heterocycles. The van der Waals surface area contributed by atoms with Crippen LogP contribution < -0.4 is 0 Å².